The number of nitrogens with zero attached hydrogens (tertiary/aromatic N) is 1. The number of aromatic nitrogens is 1. The third kappa shape index (κ3) is 3.74. The fraction of sp³-hybridized carbons (Fsp3) is 0.263. The quantitative estimate of drug-likeness (QED) is 0.912. The Labute approximate surface area is 141 Å². The van der Waals surface area contributed by atoms with Gasteiger partial charge in [-0.05, 0) is 36.1 Å². The highest BCUT2D eigenvalue weighted by molar-refractivity contribution is 5.79. The molecule has 2 heterocycles. The zero-order chi connectivity index (χ0) is 16.9. The minimum atomic E-state index is -0.217. The lowest BCUT2D eigenvalue weighted by atomic mass is 10.0. The molecule has 1 aliphatic heterocycles. The van der Waals surface area contributed by atoms with E-state index in [1.54, 1.807) is 12.3 Å². The summed E-state index contributed by atoms with van der Waals surface area (Å²) in [6, 6.07) is 13.1. The van der Waals surface area contributed by atoms with Crippen LogP contribution in [-0.2, 0) is 0 Å². The van der Waals surface area contributed by atoms with Gasteiger partial charge in [0.2, 0.25) is 5.56 Å². The van der Waals surface area contributed by atoms with Crippen LogP contribution < -0.4 is 10.9 Å². The van der Waals surface area contributed by atoms with Crippen molar-refractivity contribution in [3.63, 3.8) is 0 Å². The summed E-state index contributed by atoms with van der Waals surface area (Å²) in [6.07, 6.45) is 4.63. The molecule has 0 saturated carbocycles. The first-order valence-electron chi connectivity index (χ1n) is 8.12. The van der Waals surface area contributed by atoms with E-state index in [1.165, 1.54) is 11.6 Å². The van der Waals surface area contributed by atoms with Gasteiger partial charge >= 0.3 is 6.03 Å². The molecule has 0 aliphatic carbocycles. The first-order chi connectivity index (χ1) is 11.6. The molecule has 2 amide bonds. The molecule has 1 unspecified atom stereocenters. The maximum Gasteiger partial charge on any atom is 0.318 e. The topological polar surface area (TPSA) is 65.2 Å². The van der Waals surface area contributed by atoms with Crippen LogP contribution in [0, 0.1) is 0 Å². The van der Waals surface area contributed by atoms with Gasteiger partial charge in [-0.25, -0.2) is 4.79 Å². The third-order valence-electron chi connectivity index (χ3n) is 4.22. The van der Waals surface area contributed by atoms with Crippen LogP contribution in [0.3, 0.4) is 0 Å². The molecule has 1 aromatic carbocycles. The molecule has 1 aliphatic rings. The molecule has 3 rings (SSSR count). The Morgan fingerprint density at radius 2 is 2.04 bits per heavy atom. The van der Waals surface area contributed by atoms with Gasteiger partial charge in [-0.2, -0.15) is 0 Å². The average molecular weight is 323 g/mol. The van der Waals surface area contributed by atoms with E-state index < -0.39 is 0 Å². The normalized spacial score (nSPS) is 15.5. The number of rotatable bonds is 3. The number of aromatic amines is 1. The summed E-state index contributed by atoms with van der Waals surface area (Å²) in [5, 5.41) is 2.97. The third-order valence-corrected chi connectivity index (χ3v) is 4.22. The summed E-state index contributed by atoms with van der Waals surface area (Å²) in [4.78, 5) is 28.3. The second-order valence-corrected chi connectivity index (χ2v) is 5.96. The molecular formula is C19H21N3O2. The van der Waals surface area contributed by atoms with Crippen LogP contribution in [0.1, 0.15) is 30.5 Å². The molecule has 0 radical (unpaired) electrons. The summed E-state index contributed by atoms with van der Waals surface area (Å²) in [5.74, 6) is 0. The number of hydrogen-bond acceptors (Lipinski definition) is 2. The molecule has 1 atom stereocenters. The van der Waals surface area contributed by atoms with E-state index in [2.05, 4.69) is 28.5 Å². The summed E-state index contributed by atoms with van der Waals surface area (Å²) in [7, 11) is 0. The highest BCUT2D eigenvalue weighted by Crippen LogP contribution is 2.21. The van der Waals surface area contributed by atoms with Gasteiger partial charge in [-0.1, -0.05) is 36.4 Å². The van der Waals surface area contributed by atoms with Gasteiger partial charge < -0.3 is 15.2 Å². The van der Waals surface area contributed by atoms with Crippen molar-refractivity contribution in [1.82, 2.24) is 15.2 Å². The predicted molar refractivity (Wildman–Crippen MR) is 94.6 cm³/mol. The molecule has 0 spiro atoms. The molecule has 5 nitrogen and oxygen atoms in total. The number of nitrogens with one attached hydrogen (secondary N) is 2. The molecule has 0 bridgehead atoms. The van der Waals surface area contributed by atoms with E-state index in [9.17, 15) is 9.59 Å². The number of pyridine rings is 1. The lowest BCUT2D eigenvalue weighted by Crippen LogP contribution is -2.43. The fourth-order valence-electron chi connectivity index (χ4n) is 2.87. The predicted octanol–water partition coefficient (Wildman–Crippen LogP) is 2.93. The number of amides is 2. The summed E-state index contributed by atoms with van der Waals surface area (Å²) >= 11 is 0. The Hall–Kier alpha value is -2.82. The van der Waals surface area contributed by atoms with Crippen molar-refractivity contribution in [2.75, 3.05) is 13.1 Å². The molecule has 2 aromatic rings. The monoisotopic (exact) mass is 323 g/mol. The van der Waals surface area contributed by atoms with Crippen molar-refractivity contribution in [2.24, 2.45) is 0 Å². The summed E-state index contributed by atoms with van der Waals surface area (Å²) in [6.45, 7) is 3.17. The van der Waals surface area contributed by atoms with Gasteiger partial charge in [0.05, 0.1) is 6.04 Å². The van der Waals surface area contributed by atoms with Gasteiger partial charge in [0, 0.05) is 25.4 Å². The van der Waals surface area contributed by atoms with E-state index in [0.717, 1.165) is 17.5 Å². The summed E-state index contributed by atoms with van der Waals surface area (Å²) in [5.41, 5.74) is 2.95. The van der Waals surface area contributed by atoms with Gasteiger partial charge in [-0.15, -0.1) is 0 Å². The largest absolute Gasteiger partial charge is 0.331 e. The standard InChI is InChI=1S/C19H21N3O2/c1-14(16-9-10-20-18(23)12-16)21-19(24)22-11-5-8-17(13-22)15-6-3-2-4-7-15/h2-4,6-10,12,14H,5,11,13H2,1H3,(H,20,23)(H,21,24). The Bertz CT molecular complexity index is 796. The van der Waals surface area contributed by atoms with Crippen molar-refractivity contribution in [2.45, 2.75) is 19.4 Å². The van der Waals surface area contributed by atoms with E-state index in [1.807, 2.05) is 30.0 Å². The van der Waals surface area contributed by atoms with E-state index in [-0.39, 0.29) is 17.6 Å². The van der Waals surface area contributed by atoms with Crippen LogP contribution in [0.15, 0.2) is 59.5 Å². The van der Waals surface area contributed by atoms with Crippen LogP contribution in [0.5, 0.6) is 0 Å². The molecule has 2 N–H and O–H groups in total. The molecule has 24 heavy (non-hydrogen) atoms. The molecule has 0 fully saturated rings. The highest BCUT2D eigenvalue weighted by Gasteiger charge is 2.20. The van der Waals surface area contributed by atoms with Gasteiger partial charge in [0.15, 0.2) is 0 Å². The minimum Gasteiger partial charge on any atom is -0.331 e. The van der Waals surface area contributed by atoms with Crippen LogP contribution >= 0.6 is 0 Å². The van der Waals surface area contributed by atoms with Gasteiger partial charge in [0.25, 0.3) is 0 Å². The minimum absolute atomic E-state index is 0.107. The van der Waals surface area contributed by atoms with Crippen molar-refractivity contribution >= 4 is 11.6 Å². The lowest BCUT2D eigenvalue weighted by Gasteiger charge is -2.29. The zero-order valence-electron chi connectivity index (χ0n) is 13.7. The summed E-state index contributed by atoms with van der Waals surface area (Å²) < 4.78 is 0. The first-order valence-corrected chi connectivity index (χ1v) is 8.12. The Kier molecular flexibility index (Phi) is 4.79. The van der Waals surface area contributed by atoms with Crippen molar-refractivity contribution in [1.29, 1.82) is 0 Å². The second kappa shape index (κ2) is 7.17. The fourth-order valence-corrected chi connectivity index (χ4v) is 2.87. The van der Waals surface area contributed by atoms with Crippen LogP contribution in [0.25, 0.3) is 5.57 Å². The van der Waals surface area contributed by atoms with E-state index in [0.29, 0.717) is 13.1 Å². The van der Waals surface area contributed by atoms with Crippen molar-refractivity contribution < 1.29 is 4.79 Å². The number of hydrogen-bond donors (Lipinski definition) is 2. The molecule has 5 heteroatoms. The van der Waals surface area contributed by atoms with Crippen LogP contribution in [0.4, 0.5) is 4.79 Å². The lowest BCUT2D eigenvalue weighted by molar-refractivity contribution is 0.200. The van der Waals surface area contributed by atoms with Crippen LogP contribution in [0.2, 0.25) is 0 Å². The maximum absolute atomic E-state index is 12.5. The Morgan fingerprint density at radius 1 is 1.25 bits per heavy atom. The maximum atomic E-state index is 12.5. The van der Waals surface area contributed by atoms with Gasteiger partial charge in [-0.3, -0.25) is 4.79 Å². The van der Waals surface area contributed by atoms with E-state index >= 15 is 0 Å². The average Bonchev–Trinajstić information content (AvgIpc) is 2.62. The van der Waals surface area contributed by atoms with E-state index in [4.69, 9.17) is 0 Å². The highest BCUT2D eigenvalue weighted by atomic mass is 16.2. The van der Waals surface area contributed by atoms with Crippen molar-refractivity contribution in [3.8, 4) is 0 Å². The smallest absolute Gasteiger partial charge is 0.318 e. The molecular weight excluding hydrogens is 302 g/mol. The second-order valence-electron chi connectivity index (χ2n) is 5.96. The Balaban J connectivity index is 1.65. The molecule has 1 aromatic heterocycles. The first kappa shape index (κ1) is 16.1. The number of carbonyl (C=O) groups is 1. The Morgan fingerprint density at radius 3 is 2.79 bits per heavy atom. The number of carbonyl (C=O) groups excluding carboxylic acids is 1. The number of benzene rings is 1. The number of urea groups is 1. The SMILES string of the molecule is CC(NC(=O)N1CCC=C(c2ccccc2)C1)c1cc[nH]c(=O)c1. The number of H-pyrrole nitrogens is 1. The van der Waals surface area contributed by atoms with Gasteiger partial charge in [0.1, 0.15) is 0 Å². The molecule has 124 valence electrons. The van der Waals surface area contributed by atoms with Crippen molar-refractivity contribution in [3.05, 3.63) is 76.2 Å². The molecule has 0 saturated heterocycles. The van der Waals surface area contributed by atoms with Crippen LogP contribution in [-0.4, -0.2) is 29.0 Å². The zero-order valence-corrected chi connectivity index (χ0v) is 13.7.